The zero-order chi connectivity index (χ0) is 27.4. The fraction of sp³-hybridized carbons (Fsp3) is 0.125. The predicted octanol–water partition coefficient (Wildman–Crippen LogP) is 3.67. The molecule has 2 aromatic heterocycles. The summed E-state index contributed by atoms with van der Waals surface area (Å²) < 4.78 is 56.4. The summed E-state index contributed by atoms with van der Waals surface area (Å²) in [7, 11) is -3.90. The van der Waals surface area contributed by atoms with Crippen LogP contribution in [0.3, 0.4) is 0 Å². The molecule has 4 rings (SSSR count). The molecule has 38 heavy (non-hydrogen) atoms. The summed E-state index contributed by atoms with van der Waals surface area (Å²) in [4.78, 5) is 28.2. The van der Waals surface area contributed by atoms with Gasteiger partial charge in [0.2, 0.25) is 15.8 Å². The first-order valence-corrected chi connectivity index (χ1v) is 12.8. The molecule has 0 aliphatic heterocycles. The van der Waals surface area contributed by atoms with Gasteiger partial charge in [-0.15, -0.1) is 0 Å². The first-order chi connectivity index (χ1) is 18.1. The minimum absolute atomic E-state index is 0.106. The third-order valence-corrected chi connectivity index (χ3v) is 6.87. The molecule has 196 valence electrons. The highest BCUT2D eigenvalue weighted by Crippen LogP contribution is 2.31. The van der Waals surface area contributed by atoms with Gasteiger partial charge in [0.1, 0.15) is 35.8 Å². The molecular weight excluding hydrogens is 518 g/mol. The molecule has 0 aliphatic rings. The fourth-order valence-corrected chi connectivity index (χ4v) is 4.87. The second kappa shape index (κ2) is 10.7. The van der Waals surface area contributed by atoms with Crippen molar-refractivity contribution in [2.24, 2.45) is 10.7 Å². The Bertz CT molecular complexity index is 1690. The Kier molecular flexibility index (Phi) is 7.43. The van der Waals surface area contributed by atoms with E-state index < -0.39 is 38.7 Å². The van der Waals surface area contributed by atoms with Crippen LogP contribution in [0.15, 0.2) is 53.9 Å². The number of benzene rings is 2. The summed E-state index contributed by atoms with van der Waals surface area (Å²) in [6.45, 7) is 1.63. The van der Waals surface area contributed by atoms with E-state index in [2.05, 4.69) is 30.0 Å². The number of rotatable bonds is 10. The molecule has 2 aromatic carbocycles. The largest absolute Gasteiger partial charge is 0.383 e. The molecule has 6 N–H and O–H groups in total. The number of ketones is 1. The number of nitrogens with zero attached hydrogens (tertiary/aromatic N) is 3. The van der Waals surface area contributed by atoms with Crippen LogP contribution in [-0.2, 0) is 10.0 Å². The van der Waals surface area contributed by atoms with Crippen LogP contribution in [0, 0.1) is 17.0 Å². The van der Waals surface area contributed by atoms with Gasteiger partial charge < -0.3 is 16.0 Å². The third kappa shape index (κ3) is 5.34. The van der Waals surface area contributed by atoms with E-state index in [1.165, 1.54) is 12.5 Å². The normalized spacial score (nSPS) is 11.9. The molecule has 0 amide bonds. The van der Waals surface area contributed by atoms with Crippen LogP contribution < -0.4 is 15.8 Å². The zero-order valence-corrected chi connectivity index (χ0v) is 20.7. The van der Waals surface area contributed by atoms with E-state index in [0.29, 0.717) is 11.3 Å². The van der Waals surface area contributed by atoms with Crippen molar-refractivity contribution in [3.63, 3.8) is 0 Å². The Morgan fingerprint density at radius 1 is 1.24 bits per heavy atom. The molecule has 0 radical (unpaired) electrons. The molecule has 0 aliphatic carbocycles. The number of amidine groups is 1. The number of aliphatic imine (C=N–C) groups is 1. The number of aromatic amines is 1. The van der Waals surface area contributed by atoms with Gasteiger partial charge in [-0.2, -0.15) is 0 Å². The second-order valence-corrected chi connectivity index (χ2v) is 9.87. The fourth-order valence-electron chi connectivity index (χ4n) is 3.74. The van der Waals surface area contributed by atoms with Gasteiger partial charge in [0, 0.05) is 17.4 Å². The van der Waals surface area contributed by atoms with Crippen LogP contribution in [-0.4, -0.2) is 47.1 Å². The van der Waals surface area contributed by atoms with E-state index >= 15 is 4.39 Å². The van der Waals surface area contributed by atoms with E-state index in [0.717, 1.165) is 18.5 Å². The van der Waals surface area contributed by atoms with Crippen LogP contribution in [0.2, 0.25) is 0 Å². The minimum atomic E-state index is -3.90. The number of anilines is 3. The van der Waals surface area contributed by atoms with Gasteiger partial charge in [0.25, 0.3) is 0 Å². The van der Waals surface area contributed by atoms with E-state index in [4.69, 9.17) is 11.1 Å². The molecule has 4 aromatic rings. The Balaban J connectivity index is 1.76. The molecule has 0 bridgehead atoms. The maximum atomic E-state index is 15.3. The maximum absolute atomic E-state index is 15.3. The number of aromatic nitrogens is 3. The van der Waals surface area contributed by atoms with Crippen molar-refractivity contribution in [1.82, 2.24) is 15.0 Å². The number of sulfonamides is 1. The lowest BCUT2D eigenvalue weighted by Gasteiger charge is -2.12. The Morgan fingerprint density at radius 3 is 2.76 bits per heavy atom. The van der Waals surface area contributed by atoms with Crippen LogP contribution in [0.4, 0.5) is 26.0 Å². The standard InChI is InChI=1S/C24H22F2N8O3S/c1-2-8-38(36,37)34-17-7-6-16(25)19(20(17)26)21(35)15-10-29-23-18(15)24(32-12-31-23)33-14-5-3-4-13(9-14)22(28)30-11-27/h3-7,9-12,34H,2,8H2,1H3,(H3,27,28,30)(H2,29,31,32,33). The quantitative estimate of drug-likeness (QED) is 0.116. The highest BCUT2D eigenvalue weighted by Gasteiger charge is 2.27. The molecule has 11 nitrogen and oxygen atoms in total. The smallest absolute Gasteiger partial charge is 0.232 e. The van der Waals surface area contributed by atoms with Crippen molar-refractivity contribution >= 4 is 56.2 Å². The van der Waals surface area contributed by atoms with Gasteiger partial charge in [-0.1, -0.05) is 19.1 Å². The van der Waals surface area contributed by atoms with E-state index in [1.807, 2.05) is 0 Å². The molecular formula is C24H22F2N8O3S. The van der Waals surface area contributed by atoms with Crippen molar-refractivity contribution in [2.45, 2.75) is 13.3 Å². The Hall–Kier alpha value is -4.72. The Labute approximate surface area is 215 Å². The lowest BCUT2D eigenvalue weighted by atomic mass is 10.0. The average Bonchev–Trinajstić information content (AvgIpc) is 3.31. The summed E-state index contributed by atoms with van der Waals surface area (Å²) in [5.74, 6) is -3.57. The summed E-state index contributed by atoms with van der Waals surface area (Å²) >= 11 is 0. The molecule has 0 spiro atoms. The summed E-state index contributed by atoms with van der Waals surface area (Å²) in [6, 6.07) is 8.42. The van der Waals surface area contributed by atoms with Gasteiger partial charge >= 0.3 is 0 Å². The number of nitrogens with one attached hydrogen (secondary N) is 4. The number of carbonyl (C=O) groups excluding carboxylic acids is 1. The van der Waals surface area contributed by atoms with Crippen molar-refractivity contribution < 1.29 is 22.0 Å². The van der Waals surface area contributed by atoms with Crippen molar-refractivity contribution in [3.8, 4) is 0 Å². The number of H-pyrrole nitrogens is 1. The van der Waals surface area contributed by atoms with Crippen LogP contribution in [0.1, 0.15) is 34.8 Å². The van der Waals surface area contributed by atoms with Gasteiger partial charge in [-0.05, 0) is 30.7 Å². The molecule has 0 unspecified atom stereocenters. The predicted molar refractivity (Wildman–Crippen MR) is 141 cm³/mol. The van der Waals surface area contributed by atoms with Crippen LogP contribution in [0.25, 0.3) is 11.0 Å². The van der Waals surface area contributed by atoms with E-state index in [9.17, 15) is 17.6 Å². The summed E-state index contributed by atoms with van der Waals surface area (Å²) in [5.41, 5.74) is 5.45. The van der Waals surface area contributed by atoms with Crippen molar-refractivity contribution in [3.05, 3.63) is 77.2 Å². The SMILES string of the molecule is CCCS(=O)(=O)Nc1ccc(F)c(C(=O)c2c[nH]c3ncnc(Nc4cccc(C(N)=NC=N)c4)c23)c1F. The first kappa shape index (κ1) is 26.3. The number of fused-ring (bicyclic) bond motifs is 1. The van der Waals surface area contributed by atoms with Crippen molar-refractivity contribution in [1.29, 1.82) is 5.41 Å². The summed E-state index contributed by atoms with van der Waals surface area (Å²) in [6.07, 6.45) is 3.56. The monoisotopic (exact) mass is 540 g/mol. The summed E-state index contributed by atoms with van der Waals surface area (Å²) in [5, 5.41) is 10.3. The Morgan fingerprint density at radius 2 is 2.03 bits per heavy atom. The van der Waals surface area contributed by atoms with Crippen LogP contribution in [0.5, 0.6) is 0 Å². The minimum Gasteiger partial charge on any atom is -0.383 e. The van der Waals surface area contributed by atoms with Gasteiger partial charge in [-0.3, -0.25) is 14.9 Å². The average molecular weight is 541 g/mol. The lowest BCUT2D eigenvalue weighted by molar-refractivity contribution is 0.103. The highest BCUT2D eigenvalue weighted by molar-refractivity contribution is 7.92. The van der Waals surface area contributed by atoms with Crippen molar-refractivity contribution in [2.75, 3.05) is 15.8 Å². The molecule has 0 saturated heterocycles. The van der Waals surface area contributed by atoms with Gasteiger partial charge in [-0.25, -0.2) is 32.2 Å². The molecule has 0 atom stereocenters. The maximum Gasteiger partial charge on any atom is 0.232 e. The van der Waals surface area contributed by atoms with Gasteiger partial charge in [0.05, 0.1) is 28.0 Å². The zero-order valence-electron chi connectivity index (χ0n) is 19.9. The van der Waals surface area contributed by atoms with Crippen LogP contribution >= 0.6 is 0 Å². The number of hydrogen-bond donors (Lipinski definition) is 5. The second-order valence-electron chi connectivity index (χ2n) is 8.03. The first-order valence-electron chi connectivity index (χ1n) is 11.2. The highest BCUT2D eigenvalue weighted by atomic mass is 32.2. The van der Waals surface area contributed by atoms with E-state index in [1.54, 1.807) is 31.2 Å². The molecule has 2 heterocycles. The number of halogens is 2. The van der Waals surface area contributed by atoms with Gasteiger partial charge in [0.15, 0.2) is 5.82 Å². The lowest BCUT2D eigenvalue weighted by Crippen LogP contribution is -2.18. The third-order valence-electron chi connectivity index (χ3n) is 5.40. The topological polar surface area (TPSA) is 179 Å². The van der Waals surface area contributed by atoms with E-state index in [-0.39, 0.29) is 40.4 Å². The molecule has 14 heteroatoms. The molecule has 0 saturated carbocycles. The molecule has 0 fully saturated rings. The number of nitrogens with two attached hydrogens (primary N) is 1. The number of carbonyl (C=O) groups is 1. The number of hydrogen-bond acceptors (Lipinski definition) is 7.